The van der Waals surface area contributed by atoms with E-state index in [0.29, 0.717) is 12.1 Å². The number of rotatable bonds is 9. The lowest BCUT2D eigenvalue weighted by atomic mass is 9.96. The fraction of sp³-hybridized carbons (Fsp3) is 0.833. The van der Waals surface area contributed by atoms with Crippen LogP contribution in [0.2, 0.25) is 0 Å². The third-order valence-electron chi connectivity index (χ3n) is 4.68. The van der Waals surface area contributed by atoms with Crippen LogP contribution in [0.1, 0.15) is 83.4 Å². The molecule has 1 aromatic rings. The summed E-state index contributed by atoms with van der Waals surface area (Å²) >= 11 is 0. The average Bonchev–Trinajstić information content (AvgIpc) is 3.00. The third kappa shape index (κ3) is 5.46. The van der Waals surface area contributed by atoms with Crippen molar-refractivity contribution in [3.05, 3.63) is 18.0 Å². The van der Waals surface area contributed by atoms with Gasteiger partial charge >= 0.3 is 0 Å². The molecule has 1 heterocycles. The van der Waals surface area contributed by atoms with E-state index >= 15 is 0 Å². The van der Waals surface area contributed by atoms with Gasteiger partial charge in [-0.1, -0.05) is 39.5 Å². The van der Waals surface area contributed by atoms with Crippen LogP contribution in [0.15, 0.2) is 12.3 Å². The van der Waals surface area contributed by atoms with E-state index in [0.717, 1.165) is 13.0 Å². The highest BCUT2D eigenvalue weighted by Gasteiger charge is 2.16. The number of hydrogen-bond donors (Lipinski definition) is 1. The SMILES string of the molecule is CCCNC(CCC)CCc1ccn(C2CCCCC2)n1. The summed E-state index contributed by atoms with van der Waals surface area (Å²) in [6.07, 6.45) is 15.1. The molecule has 1 aliphatic rings. The first-order valence-corrected chi connectivity index (χ1v) is 9.11. The van der Waals surface area contributed by atoms with Crippen molar-refractivity contribution in [2.45, 2.75) is 90.1 Å². The van der Waals surface area contributed by atoms with Gasteiger partial charge in [0.15, 0.2) is 0 Å². The van der Waals surface area contributed by atoms with E-state index in [1.54, 1.807) is 0 Å². The zero-order valence-electron chi connectivity index (χ0n) is 14.0. The lowest BCUT2D eigenvalue weighted by molar-refractivity contribution is 0.327. The summed E-state index contributed by atoms with van der Waals surface area (Å²) in [5.41, 5.74) is 1.28. The van der Waals surface area contributed by atoms with Gasteiger partial charge in [-0.05, 0) is 51.1 Å². The maximum Gasteiger partial charge on any atom is 0.0625 e. The van der Waals surface area contributed by atoms with Crippen LogP contribution in [0, 0.1) is 0 Å². The van der Waals surface area contributed by atoms with Gasteiger partial charge in [0, 0.05) is 12.2 Å². The van der Waals surface area contributed by atoms with Crippen molar-refractivity contribution in [3.63, 3.8) is 0 Å². The predicted octanol–water partition coefficient (Wildman–Crippen LogP) is 4.49. The molecule has 1 unspecified atom stereocenters. The normalized spacial score (nSPS) is 18.0. The van der Waals surface area contributed by atoms with E-state index in [2.05, 4.69) is 36.1 Å². The van der Waals surface area contributed by atoms with E-state index in [4.69, 9.17) is 5.10 Å². The third-order valence-corrected chi connectivity index (χ3v) is 4.68. The summed E-state index contributed by atoms with van der Waals surface area (Å²) in [5.74, 6) is 0. The van der Waals surface area contributed by atoms with Gasteiger partial charge < -0.3 is 5.32 Å². The molecule has 0 aliphatic heterocycles. The number of hydrogen-bond acceptors (Lipinski definition) is 2. The molecule has 0 amide bonds. The highest BCUT2D eigenvalue weighted by molar-refractivity contribution is 5.01. The second-order valence-corrected chi connectivity index (χ2v) is 6.56. The number of aromatic nitrogens is 2. The van der Waals surface area contributed by atoms with Crippen LogP contribution in [0.4, 0.5) is 0 Å². The van der Waals surface area contributed by atoms with Crippen molar-refractivity contribution >= 4 is 0 Å². The summed E-state index contributed by atoms with van der Waals surface area (Å²) < 4.78 is 2.24. The molecule has 1 fully saturated rings. The van der Waals surface area contributed by atoms with Gasteiger partial charge in [0.2, 0.25) is 0 Å². The van der Waals surface area contributed by atoms with Gasteiger partial charge in [-0.15, -0.1) is 0 Å². The number of nitrogens with one attached hydrogen (secondary N) is 1. The Kier molecular flexibility index (Phi) is 7.28. The van der Waals surface area contributed by atoms with Crippen LogP contribution in [0.5, 0.6) is 0 Å². The largest absolute Gasteiger partial charge is 0.314 e. The van der Waals surface area contributed by atoms with Crippen molar-refractivity contribution in [2.24, 2.45) is 0 Å². The zero-order chi connectivity index (χ0) is 14.9. The van der Waals surface area contributed by atoms with Gasteiger partial charge in [-0.3, -0.25) is 4.68 Å². The maximum atomic E-state index is 4.84. The Morgan fingerprint density at radius 1 is 1.19 bits per heavy atom. The lowest BCUT2D eigenvalue weighted by Crippen LogP contribution is -2.30. The average molecular weight is 291 g/mol. The smallest absolute Gasteiger partial charge is 0.0625 e. The molecular weight excluding hydrogens is 258 g/mol. The van der Waals surface area contributed by atoms with Crippen LogP contribution >= 0.6 is 0 Å². The minimum Gasteiger partial charge on any atom is -0.314 e. The highest BCUT2D eigenvalue weighted by atomic mass is 15.3. The van der Waals surface area contributed by atoms with Crippen LogP contribution in [-0.4, -0.2) is 22.4 Å². The number of aryl methyl sites for hydroxylation is 1. The molecule has 120 valence electrons. The van der Waals surface area contributed by atoms with Gasteiger partial charge in [0.1, 0.15) is 0 Å². The van der Waals surface area contributed by atoms with Crippen LogP contribution in [-0.2, 0) is 6.42 Å². The summed E-state index contributed by atoms with van der Waals surface area (Å²) in [4.78, 5) is 0. The zero-order valence-corrected chi connectivity index (χ0v) is 14.0. The fourth-order valence-electron chi connectivity index (χ4n) is 3.43. The molecule has 0 aromatic carbocycles. The van der Waals surface area contributed by atoms with Crippen LogP contribution < -0.4 is 5.32 Å². The summed E-state index contributed by atoms with van der Waals surface area (Å²) in [5, 5.41) is 8.51. The van der Waals surface area contributed by atoms with Gasteiger partial charge in [0.25, 0.3) is 0 Å². The maximum absolute atomic E-state index is 4.84. The molecular formula is C18H33N3. The summed E-state index contributed by atoms with van der Waals surface area (Å²) in [6.45, 7) is 5.65. The van der Waals surface area contributed by atoms with Crippen molar-refractivity contribution < 1.29 is 0 Å². The van der Waals surface area contributed by atoms with Crippen LogP contribution in [0.3, 0.4) is 0 Å². The van der Waals surface area contributed by atoms with E-state index in [-0.39, 0.29) is 0 Å². The van der Waals surface area contributed by atoms with E-state index in [1.165, 1.54) is 63.5 Å². The summed E-state index contributed by atoms with van der Waals surface area (Å²) in [7, 11) is 0. The Morgan fingerprint density at radius 2 is 2.00 bits per heavy atom. The molecule has 0 saturated heterocycles. The molecule has 21 heavy (non-hydrogen) atoms. The second-order valence-electron chi connectivity index (χ2n) is 6.56. The molecule has 0 spiro atoms. The Bertz CT molecular complexity index is 380. The molecule has 2 rings (SSSR count). The fourth-order valence-corrected chi connectivity index (χ4v) is 3.43. The van der Waals surface area contributed by atoms with E-state index in [1.807, 2.05) is 0 Å². The van der Waals surface area contributed by atoms with Crippen molar-refractivity contribution in [1.29, 1.82) is 0 Å². The van der Waals surface area contributed by atoms with Crippen LogP contribution in [0.25, 0.3) is 0 Å². The standard InChI is InChI=1S/C18H33N3/c1-3-8-16(19-14-4-2)11-12-17-13-15-21(20-17)18-9-6-5-7-10-18/h13,15-16,18-19H,3-12,14H2,1-2H3. The quantitative estimate of drug-likeness (QED) is 0.726. The Balaban J connectivity index is 1.80. The summed E-state index contributed by atoms with van der Waals surface area (Å²) in [6, 6.07) is 3.56. The monoisotopic (exact) mass is 291 g/mol. The number of nitrogens with zero attached hydrogens (tertiary/aromatic N) is 2. The van der Waals surface area contributed by atoms with E-state index < -0.39 is 0 Å². The topological polar surface area (TPSA) is 29.9 Å². The molecule has 1 aliphatic carbocycles. The van der Waals surface area contributed by atoms with Gasteiger partial charge in [0.05, 0.1) is 11.7 Å². The highest BCUT2D eigenvalue weighted by Crippen LogP contribution is 2.27. The Labute approximate surface area is 130 Å². The first kappa shape index (κ1) is 16.5. The van der Waals surface area contributed by atoms with Crippen molar-refractivity contribution in [3.8, 4) is 0 Å². The minimum atomic E-state index is 0.662. The van der Waals surface area contributed by atoms with Crippen molar-refractivity contribution in [2.75, 3.05) is 6.54 Å². The molecule has 0 radical (unpaired) electrons. The second kappa shape index (κ2) is 9.24. The lowest BCUT2D eigenvalue weighted by Gasteiger charge is -2.21. The molecule has 1 N–H and O–H groups in total. The Hall–Kier alpha value is -0.830. The minimum absolute atomic E-state index is 0.662. The Morgan fingerprint density at radius 3 is 2.71 bits per heavy atom. The first-order chi connectivity index (χ1) is 10.3. The van der Waals surface area contributed by atoms with Gasteiger partial charge in [-0.2, -0.15) is 5.10 Å². The molecule has 1 aromatic heterocycles. The van der Waals surface area contributed by atoms with E-state index in [9.17, 15) is 0 Å². The molecule has 1 saturated carbocycles. The first-order valence-electron chi connectivity index (χ1n) is 9.11. The molecule has 0 bridgehead atoms. The molecule has 3 heteroatoms. The predicted molar refractivity (Wildman–Crippen MR) is 89.7 cm³/mol. The molecule has 1 atom stereocenters. The van der Waals surface area contributed by atoms with Gasteiger partial charge in [-0.25, -0.2) is 0 Å². The molecule has 3 nitrogen and oxygen atoms in total. The van der Waals surface area contributed by atoms with Crippen molar-refractivity contribution in [1.82, 2.24) is 15.1 Å².